The van der Waals surface area contributed by atoms with Crippen molar-refractivity contribution in [3.63, 3.8) is 0 Å². The summed E-state index contributed by atoms with van der Waals surface area (Å²) in [5, 5.41) is 3.37. The summed E-state index contributed by atoms with van der Waals surface area (Å²) >= 11 is 0. The average Bonchev–Trinajstić information content (AvgIpc) is 3.20. The van der Waals surface area contributed by atoms with Crippen LogP contribution in [-0.2, 0) is 14.3 Å². The maximum atomic E-state index is 11.9. The van der Waals surface area contributed by atoms with Crippen molar-refractivity contribution in [2.75, 3.05) is 39.5 Å². The normalized spacial score (nSPS) is 16.6. The lowest BCUT2D eigenvalue weighted by Crippen LogP contribution is -2.48. The maximum absolute atomic E-state index is 11.9. The summed E-state index contributed by atoms with van der Waals surface area (Å²) in [6, 6.07) is 0.286. The second-order valence-corrected chi connectivity index (χ2v) is 4.84. The molecule has 0 aromatic carbocycles. The summed E-state index contributed by atoms with van der Waals surface area (Å²) in [5.41, 5.74) is 0. The zero-order valence-electron chi connectivity index (χ0n) is 12.5. The number of carbonyl (C=O) groups excluding carboxylic acids is 1. The van der Waals surface area contributed by atoms with Gasteiger partial charge in [0, 0.05) is 25.7 Å². The standard InChI is InChI=1S/C14H28N2O3/c1-4-16(9-10-18-5-2)11-13(14(17)19-6-3)15-12-7-8-12/h12-13,15H,4-11H2,1-3H3. The molecule has 112 valence electrons. The smallest absolute Gasteiger partial charge is 0.324 e. The predicted octanol–water partition coefficient (Wildman–Crippen LogP) is 1.03. The fraction of sp³-hybridized carbons (Fsp3) is 0.929. The first-order valence-corrected chi connectivity index (χ1v) is 7.44. The van der Waals surface area contributed by atoms with Crippen LogP contribution in [0.3, 0.4) is 0 Å². The lowest BCUT2D eigenvalue weighted by atomic mass is 10.2. The first kappa shape index (κ1) is 16.4. The van der Waals surface area contributed by atoms with E-state index in [1.54, 1.807) is 0 Å². The molecule has 5 heteroatoms. The lowest BCUT2D eigenvalue weighted by Gasteiger charge is -2.26. The van der Waals surface area contributed by atoms with Gasteiger partial charge in [-0.3, -0.25) is 9.69 Å². The van der Waals surface area contributed by atoms with Crippen LogP contribution in [0.1, 0.15) is 33.6 Å². The highest BCUT2D eigenvalue weighted by molar-refractivity contribution is 5.76. The summed E-state index contributed by atoms with van der Waals surface area (Å²) in [6.45, 7) is 10.3. The van der Waals surface area contributed by atoms with Gasteiger partial charge in [-0.15, -0.1) is 0 Å². The van der Waals surface area contributed by atoms with Gasteiger partial charge in [0.1, 0.15) is 6.04 Å². The van der Waals surface area contributed by atoms with Gasteiger partial charge < -0.3 is 14.8 Å². The van der Waals surface area contributed by atoms with Gasteiger partial charge in [-0.1, -0.05) is 6.92 Å². The zero-order chi connectivity index (χ0) is 14.1. The first-order valence-electron chi connectivity index (χ1n) is 7.44. The van der Waals surface area contributed by atoms with E-state index < -0.39 is 0 Å². The van der Waals surface area contributed by atoms with Crippen LogP contribution in [0.5, 0.6) is 0 Å². The highest BCUT2D eigenvalue weighted by Gasteiger charge is 2.30. The lowest BCUT2D eigenvalue weighted by molar-refractivity contribution is -0.146. The SMILES string of the molecule is CCOCCN(CC)CC(NC1CC1)C(=O)OCC. The summed E-state index contributed by atoms with van der Waals surface area (Å²) in [7, 11) is 0. The number of nitrogens with zero attached hydrogens (tertiary/aromatic N) is 1. The molecule has 0 spiro atoms. The summed E-state index contributed by atoms with van der Waals surface area (Å²) < 4.78 is 10.5. The second-order valence-electron chi connectivity index (χ2n) is 4.84. The van der Waals surface area contributed by atoms with E-state index in [4.69, 9.17) is 9.47 Å². The molecule has 0 amide bonds. The summed E-state index contributed by atoms with van der Waals surface area (Å²) in [4.78, 5) is 14.2. The number of nitrogens with one attached hydrogen (secondary N) is 1. The number of carbonyl (C=O) groups is 1. The zero-order valence-corrected chi connectivity index (χ0v) is 12.5. The third-order valence-corrected chi connectivity index (χ3v) is 3.23. The Morgan fingerprint density at radius 3 is 2.58 bits per heavy atom. The minimum atomic E-state index is -0.214. The van der Waals surface area contributed by atoms with Gasteiger partial charge in [0.2, 0.25) is 0 Å². The Kier molecular flexibility index (Phi) is 8.02. The van der Waals surface area contributed by atoms with Crippen molar-refractivity contribution in [3.05, 3.63) is 0 Å². The Hall–Kier alpha value is -0.650. The molecular formula is C14H28N2O3. The number of esters is 1. The van der Waals surface area contributed by atoms with Crippen LogP contribution in [-0.4, -0.2) is 62.4 Å². The van der Waals surface area contributed by atoms with Crippen LogP contribution in [0.15, 0.2) is 0 Å². The molecule has 1 unspecified atom stereocenters. The van der Waals surface area contributed by atoms with Gasteiger partial charge in [0.05, 0.1) is 13.2 Å². The molecule has 19 heavy (non-hydrogen) atoms. The Morgan fingerprint density at radius 1 is 1.32 bits per heavy atom. The molecule has 5 nitrogen and oxygen atoms in total. The molecule has 0 radical (unpaired) electrons. The summed E-state index contributed by atoms with van der Waals surface area (Å²) in [5.74, 6) is -0.135. The number of likely N-dealkylation sites (N-methyl/N-ethyl adjacent to an activating group) is 1. The fourth-order valence-corrected chi connectivity index (χ4v) is 1.95. The number of hydrogen-bond acceptors (Lipinski definition) is 5. The van der Waals surface area contributed by atoms with Crippen LogP contribution in [0, 0.1) is 0 Å². The Labute approximate surface area is 116 Å². The van der Waals surface area contributed by atoms with Gasteiger partial charge in [-0.2, -0.15) is 0 Å². The van der Waals surface area contributed by atoms with E-state index in [-0.39, 0.29) is 12.0 Å². The number of rotatable bonds is 11. The van der Waals surface area contributed by atoms with Crippen molar-refractivity contribution in [3.8, 4) is 0 Å². The van der Waals surface area contributed by atoms with Gasteiger partial charge in [0.25, 0.3) is 0 Å². The topological polar surface area (TPSA) is 50.8 Å². The van der Waals surface area contributed by atoms with Crippen molar-refractivity contribution < 1.29 is 14.3 Å². The van der Waals surface area contributed by atoms with Gasteiger partial charge in [0.15, 0.2) is 0 Å². The Balaban J connectivity index is 2.40. The minimum absolute atomic E-state index is 0.135. The Bertz CT molecular complexity index is 257. The van der Waals surface area contributed by atoms with E-state index in [2.05, 4.69) is 17.1 Å². The summed E-state index contributed by atoms with van der Waals surface area (Å²) in [6.07, 6.45) is 2.34. The van der Waals surface area contributed by atoms with Crippen LogP contribution in [0.4, 0.5) is 0 Å². The molecule has 0 aromatic heterocycles. The molecule has 0 heterocycles. The molecular weight excluding hydrogens is 244 g/mol. The van der Waals surface area contributed by atoms with Crippen molar-refractivity contribution in [1.29, 1.82) is 0 Å². The second kappa shape index (κ2) is 9.28. The monoisotopic (exact) mass is 272 g/mol. The highest BCUT2D eigenvalue weighted by atomic mass is 16.5. The molecule has 1 aliphatic rings. The largest absolute Gasteiger partial charge is 0.465 e. The Morgan fingerprint density at radius 2 is 2.05 bits per heavy atom. The fourth-order valence-electron chi connectivity index (χ4n) is 1.95. The number of ether oxygens (including phenoxy) is 2. The molecule has 1 saturated carbocycles. The quantitative estimate of drug-likeness (QED) is 0.450. The highest BCUT2D eigenvalue weighted by Crippen LogP contribution is 2.19. The predicted molar refractivity (Wildman–Crippen MR) is 75.2 cm³/mol. The van der Waals surface area contributed by atoms with Crippen LogP contribution < -0.4 is 5.32 Å². The molecule has 1 rings (SSSR count). The van der Waals surface area contributed by atoms with Crippen molar-refractivity contribution in [2.24, 2.45) is 0 Å². The first-order chi connectivity index (χ1) is 9.21. The van der Waals surface area contributed by atoms with Crippen LogP contribution in [0.25, 0.3) is 0 Å². The molecule has 0 aliphatic heterocycles. The van der Waals surface area contributed by atoms with E-state index in [1.165, 1.54) is 12.8 Å². The molecule has 1 N–H and O–H groups in total. The van der Waals surface area contributed by atoms with E-state index in [0.717, 1.165) is 19.7 Å². The van der Waals surface area contributed by atoms with Crippen LogP contribution in [0.2, 0.25) is 0 Å². The van der Waals surface area contributed by atoms with Gasteiger partial charge >= 0.3 is 5.97 Å². The van der Waals surface area contributed by atoms with E-state index in [9.17, 15) is 4.79 Å². The average molecular weight is 272 g/mol. The maximum Gasteiger partial charge on any atom is 0.324 e. The van der Waals surface area contributed by atoms with Gasteiger partial charge in [-0.25, -0.2) is 0 Å². The number of hydrogen-bond donors (Lipinski definition) is 1. The van der Waals surface area contributed by atoms with E-state index >= 15 is 0 Å². The van der Waals surface area contributed by atoms with E-state index in [0.29, 0.717) is 25.8 Å². The molecule has 0 saturated heterocycles. The third kappa shape index (κ3) is 6.89. The van der Waals surface area contributed by atoms with Crippen molar-refractivity contribution in [1.82, 2.24) is 10.2 Å². The minimum Gasteiger partial charge on any atom is -0.465 e. The molecule has 1 atom stereocenters. The molecule has 0 bridgehead atoms. The van der Waals surface area contributed by atoms with Gasteiger partial charge in [-0.05, 0) is 33.2 Å². The molecule has 0 aromatic rings. The third-order valence-electron chi connectivity index (χ3n) is 3.23. The van der Waals surface area contributed by atoms with Crippen molar-refractivity contribution in [2.45, 2.75) is 45.7 Å². The molecule has 1 aliphatic carbocycles. The van der Waals surface area contributed by atoms with E-state index in [1.807, 2.05) is 13.8 Å². The molecule has 1 fully saturated rings. The van der Waals surface area contributed by atoms with Crippen molar-refractivity contribution >= 4 is 5.97 Å². The van der Waals surface area contributed by atoms with Crippen LogP contribution >= 0.6 is 0 Å².